The van der Waals surface area contributed by atoms with Gasteiger partial charge in [-0.05, 0) is 47.5 Å². The Hall–Kier alpha value is -1.37. The van der Waals surface area contributed by atoms with Crippen LogP contribution in [0.1, 0.15) is 46.4 Å². The zero-order valence-corrected chi connectivity index (χ0v) is 14.2. The van der Waals surface area contributed by atoms with Crippen LogP contribution in [0.2, 0.25) is 0 Å². The number of alkyl carbamates (subject to hydrolysis) is 1. The Bertz CT molecular complexity index is 497. The first-order chi connectivity index (χ1) is 9.74. The lowest BCUT2D eigenvalue weighted by Crippen LogP contribution is -2.49. The SMILES string of the molecule is Cc1nsc(N2CCC(NC(=O)OC(C)(C)C)CC2C)n1. The molecule has 1 N–H and O–H groups in total. The van der Waals surface area contributed by atoms with Crippen molar-refractivity contribution in [3.8, 4) is 0 Å². The number of hydrogen-bond donors (Lipinski definition) is 1. The first kappa shape index (κ1) is 16.0. The van der Waals surface area contributed by atoms with Crippen molar-refractivity contribution >= 4 is 22.8 Å². The summed E-state index contributed by atoms with van der Waals surface area (Å²) in [5.74, 6) is 0.816. The molecule has 21 heavy (non-hydrogen) atoms. The van der Waals surface area contributed by atoms with Gasteiger partial charge < -0.3 is 15.0 Å². The maximum Gasteiger partial charge on any atom is 0.407 e. The number of piperidine rings is 1. The van der Waals surface area contributed by atoms with E-state index in [1.165, 1.54) is 11.5 Å². The lowest BCUT2D eigenvalue weighted by molar-refractivity contribution is 0.0494. The number of rotatable bonds is 2. The minimum absolute atomic E-state index is 0.153. The van der Waals surface area contributed by atoms with Gasteiger partial charge in [0, 0.05) is 30.2 Å². The molecule has 1 fully saturated rings. The molecule has 0 aromatic carbocycles. The van der Waals surface area contributed by atoms with Gasteiger partial charge in [-0.1, -0.05) is 0 Å². The monoisotopic (exact) mass is 312 g/mol. The minimum atomic E-state index is -0.458. The molecule has 1 aromatic heterocycles. The topological polar surface area (TPSA) is 67.4 Å². The van der Waals surface area contributed by atoms with Crippen LogP contribution in [0.15, 0.2) is 0 Å². The molecule has 1 aliphatic heterocycles. The summed E-state index contributed by atoms with van der Waals surface area (Å²) in [6, 6.07) is 0.478. The molecule has 2 rings (SSSR count). The highest BCUT2D eigenvalue weighted by atomic mass is 32.1. The third kappa shape index (κ3) is 4.56. The molecule has 0 saturated carbocycles. The predicted octanol–water partition coefficient (Wildman–Crippen LogP) is 2.73. The summed E-state index contributed by atoms with van der Waals surface area (Å²) in [4.78, 5) is 18.5. The highest BCUT2D eigenvalue weighted by molar-refractivity contribution is 7.09. The van der Waals surface area contributed by atoms with Gasteiger partial charge in [0.1, 0.15) is 11.4 Å². The van der Waals surface area contributed by atoms with Crippen LogP contribution in [0.25, 0.3) is 0 Å². The van der Waals surface area contributed by atoms with Crippen LogP contribution in [-0.2, 0) is 4.74 Å². The summed E-state index contributed by atoms with van der Waals surface area (Å²) in [6.07, 6.45) is 1.44. The van der Waals surface area contributed by atoms with E-state index >= 15 is 0 Å². The van der Waals surface area contributed by atoms with Gasteiger partial charge in [0.15, 0.2) is 0 Å². The molecular weight excluding hydrogens is 288 g/mol. The summed E-state index contributed by atoms with van der Waals surface area (Å²) < 4.78 is 9.54. The van der Waals surface area contributed by atoms with Gasteiger partial charge in [-0.3, -0.25) is 0 Å². The van der Waals surface area contributed by atoms with Crippen LogP contribution in [0.3, 0.4) is 0 Å². The average Bonchev–Trinajstić information content (AvgIpc) is 2.73. The molecule has 0 bridgehead atoms. The van der Waals surface area contributed by atoms with Crippen molar-refractivity contribution in [2.24, 2.45) is 0 Å². The number of nitrogens with zero attached hydrogens (tertiary/aromatic N) is 3. The molecule has 2 heterocycles. The van der Waals surface area contributed by atoms with Gasteiger partial charge in [-0.2, -0.15) is 4.37 Å². The maximum atomic E-state index is 11.8. The quantitative estimate of drug-likeness (QED) is 0.909. The van der Waals surface area contributed by atoms with E-state index in [2.05, 4.69) is 26.5 Å². The van der Waals surface area contributed by atoms with Gasteiger partial charge in [0.25, 0.3) is 0 Å². The number of amides is 1. The molecule has 1 aliphatic rings. The third-order valence-corrected chi connectivity index (χ3v) is 4.20. The van der Waals surface area contributed by atoms with Crippen LogP contribution in [-0.4, -0.2) is 39.7 Å². The van der Waals surface area contributed by atoms with Crippen LogP contribution < -0.4 is 10.2 Å². The fourth-order valence-electron chi connectivity index (χ4n) is 2.46. The lowest BCUT2D eigenvalue weighted by atomic mass is 9.99. The molecule has 7 heteroatoms. The summed E-state index contributed by atoms with van der Waals surface area (Å²) in [5, 5.41) is 3.93. The highest BCUT2D eigenvalue weighted by Gasteiger charge is 2.29. The van der Waals surface area contributed by atoms with Crippen molar-refractivity contribution < 1.29 is 9.53 Å². The van der Waals surface area contributed by atoms with Crippen molar-refractivity contribution in [3.63, 3.8) is 0 Å². The second-order valence-corrected chi connectivity index (χ2v) is 7.26. The van der Waals surface area contributed by atoms with Crippen LogP contribution >= 0.6 is 11.5 Å². The number of anilines is 1. The van der Waals surface area contributed by atoms with Gasteiger partial charge in [0.2, 0.25) is 5.13 Å². The third-order valence-electron chi connectivity index (χ3n) is 3.36. The van der Waals surface area contributed by atoms with Gasteiger partial charge in [-0.25, -0.2) is 9.78 Å². The molecule has 6 nitrogen and oxygen atoms in total. The maximum absolute atomic E-state index is 11.8. The molecule has 2 unspecified atom stereocenters. The fraction of sp³-hybridized carbons (Fsp3) is 0.786. The molecule has 2 atom stereocenters. The first-order valence-corrected chi connectivity index (χ1v) is 8.08. The number of ether oxygens (including phenoxy) is 1. The number of aryl methyl sites for hydroxylation is 1. The van der Waals surface area contributed by atoms with Crippen molar-refractivity contribution in [1.82, 2.24) is 14.7 Å². The fourth-order valence-corrected chi connectivity index (χ4v) is 3.27. The van der Waals surface area contributed by atoms with Crippen molar-refractivity contribution in [2.45, 2.75) is 65.1 Å². The molecular formula is C14H24N4O2S. The number of hydrogen-bond acceptors (Lipinski definition) is 6. The van der Waals surface area contributed by atoms with Gasteiger partial charge in [0.05, 0.1) is 0 Å². The number of carbonyl (C=O) groups is 1. The lowest BCUT2D eigenvalue weighted by Gasteiger charge is -2.37. The highest BCUT2D eigenvalue weighted by Crippen LogP contribution is 2.26. The Morgan fingerprint density at radius 1 is 1.48 bits per heavy atom. The zero-order chi connectivity index (χ0) is 15.6. The summed E-state index contributed by atoms with van der Waals surface area (Å²) in [5.41, 5.74) is -0.458. The molecule has 0 aliphatic carbocycles. The molecule has 1 saturated heterocycles. The molecule has 1 aromatic rings. The Morgan fingerprint density at radius 3 is 2.71 bits per heavy atom. The van der Waals surface area contributed by atoms with Gasteiger partial charge >= 0.3 is 6.09 Å². The van der Waals surface area contributed by atoms with E-state index < -0.39 is 5.60 Å². The molecule has 0 spiro atoms. The first-order valence-electron chi connectivity index (χ1n) is 7.31. The zero-order valence-electron chi connectivity index (χ0n) is 13.3. The molecule has 118 valence electrons. The Kier molecular flexibility index (Phi) is 4.70. The number of nitrogens with one attached hydrogen (secondary N) is 1. The van der Waals surface area contributed by atoms with E-state index in [4.69, 9.17) is 4.74 Å². The minimum Gasteiger partial charge on any atom is -0.444 e. The van der Waals surface area contributed by atoms with E-state index in [9.17, 15) is 4.79 Å². The Labute approximate surface area is 130 Å². The van der Waals surface area contributed by atoms with Crippen LogP contribution in [0, 0.1) is 6.92 Å². The van der Waals surface area contributed by atoms with E-state index in [0.29, 0.717) is 6.04 Å². The van der Waals surface area contributed by atoms with E-state index in [-0.39, 0.29) is 12.1 Å². The largest absolute Gasteiger partial charge is 0.444 e. The van der Waals surface area contributed by atoms with Crippen molar-refractivity contribution in [1.29, 1.82) is 0 Å². The molecule has 1 amide bonds. The summed E-state index contributed by atoms with van der Waals surface area (Å²) in [7, 11) is 0. The van der Waals surface area contributed by atoms with E-state index in [1.54, 1.807) is 0 Å². The Morgan fingerprint density at radius 2 is 2.19 bits per heavy atom. The van der Waals surface area contributed by atoms with Crippen molar-refractivity contribution in [2.75, 3.05) is 11.4 Å². The smallest absolute Gasteiger partial charge is 0.407 e. The molecule has 0 radical (unpaired) electrons. The average molecular weight is 312 g/mol. The van der Waals surface area contributed by atoms with Gasteiger partial charge in [-0.15, -0.1) is 0 Å². The second-order valence-electron chi connectivity index (χ2n) is 6.53. The summed E-state index contributed by atoms with van der Waals surface area (Å²) in [6.45, 7) is 10.5. The second kappa shape index (κ2) is 6.17. The number of aromatic nitrogens is 2. The van der Waals surface area contributed by atoms with Crippen LogP contribution in [0.4, 0.5) is 9.93 Å². The summed E-state index contributed by atoms with van der Waals surface area (Å²) >= 11 is 1.44. The van der Waals surface area contributed by atoms with E-state index in [0.717, 1.165) is 30.3 Å². The van der Waals surface area contributed by atoms with E-state index in [1.807, 2.05) is 27.7 Å². The number of carbonyl (C=O) groups excluding carboxylic acids is 1. The Balaban J connectivity index is 1.87. The standard InChI is InChI=1S/C14H24N4O2S/c1-9-8-11(16-13(19)20-14(3,4)5)6-7-18(9)12-15-10(2)17-21-12/h9,11H,6-8H2,1-5H3,(H,16,19). The predicted molar refractivity (Wildman–Crippen MR) is 83.8 cm³/mol. The van der Waals surface area contributed by atoms with Crippen LogP contribution in [0.5, 0.6) is 0 Å². The normalized spacial score (nSPS) is 23.0. The van der Waals surface area contributed by atoms with Crippen molar-refractivity contribution in [3.05, 3.63) is 5.82 Å².